The molecule has 1 nitrogen and oxygen atoms in total. The first-order valence-corrected chi connectivity index (χ1v) is 5.84. The number of piperidine rings is 1. The molecular weight excluding hydrogens is 194 g/mol. The van der Waals surface area contributed by atoms with Crippen LogP contribution >= 0.6 is 12.4 Å². The zero-order valence-corrected chi connectivity index (χ0v) is 9.69. The number of halogens is 1. The lowest BCUT2D eigenvalue weighted by Gasteiger charge is -2.19. The van der Waals surface area contributed by atoms with Gasteiger partial charge in [0, 0.05) is 0 Å². The maximum atomic E-state index is 3.41. The van der Waals surface area contributed by atoms with Crippen LogP contribution in [0.15, 0.2) is 12.2 Å². The monoisotopic (exact) mass is 215 g/mol. The summed E-state index contributed by atoms with van der Waals surface area (Å²) in [6.45, 7) is 2.44. The van der Waals surface area contributed by atoms with Crippen LogP contribution in [0, 0.1) is 11.8 Å². The largest absolute Gasteiger partial charge is 0.317 e. The Bertz CT molecular complexity index is 167. The van der Waals surface area contributed by atoms with E-state index in [4.69, 9.17) is 0 Å². The summed E-state index contributed by atoms with van der Waals surface area (Å²) in [6.07, 6.45) is 13.5. The van der Waals surface area contributed by atoms with Gasteiger partial charge in [0.2, 0.25) is 0 Å². The molecular formula is C12H22ClN. The summed E-state index contributed by atoms with van der Waals surface area (Å²) < 4.78 is 0. The molecule has 0 aromatic rings. The van der Waals surface area contributed by atoms with E-state index in [-0.39, 0.29) is 12.4 Å². The molecule has 2 fully saturated rings. The highest BCUT2D eigenvalue weighted by Gasteiger charge is 2.13. The van der Waals surface area contributed by atoms with E-state index in [1.54, 1.807) is 0 Å². The Balaban J connectivity index is 0.000000980. The molecule has 2 rings (SSSR count). The predicted molar refractivity (Wildman–Crippen MR) is 63.9 cm³/mol. The van der Waals surface area contributed by atoms with E-state index in [0.29, 0.717) is 0 Å². The lowest BCUT2D eigenvalue weighted by Crippen LogP contribution is -2.26. The molecule has 2 aliphatic rings. The van der Waals surface area contributed by atoms with Gasteiger partial charge in [0.1, 0.15) is 0 Å². The van der Waals surface area contributed by atoms with Crippen molar-refractivity contribution < 1.29 is 0 Å². The van der Waals surface area contributed by atoms with Gasteiger partial charge in [-0.15, -0.1) is 12.4 Å². The minimum atomic E-state index is 0. The predicted octanol–water partition coefficient (Wildman–Crippen LogP) is 3.15. The van der Waals surface area contributed by atoms with Gasteiger partial charge < -0.3 is 5.32 Å². The van der Waals surface area contributed by atoms with Crippen molar-refractivity contribution in [3.8, 4) is 0 Å². The fourth-order valence-corrected chi connectivity index (χ4v) is 2.50. The van der Waals surface area contributed by atoms with Gasteiger partial charge in [-0.2, -0.15) is 0 Å². The highest BCUT2D eigenvalue weighted by atomic mass is 35.5. The molecule has 1 N–H and O–H groups in total. The van der Waals surface area contributed by atoms with Gasteiger partial charge in [-0.05, 0) is 50.6 Å². The van der Waals surface area contributed by atoms with Gasteiger partial charge in [-0.25, -0.2) is 0 Å². The van der Waals surface area contributed by atoms with E-state index in [2.05, 4.69) is 17.5 Å². The topological polar surface area (TPSA) is 12.0 Å². The van der Waals surface area contributed by atoms with Crippen LogP contribution < -0.4 is 5.32 Å². The van der Waals surface area contributed by atoms with Crippen molar-refractivity contribution >= 4 is 12.4 Å². The third kappa shape index (κ3) is 3.62. The van der Waals surface area contributed by atoms with Crippen molar-refractivity contribution in [2.24, 2.45) is 11.8 Å². The maximum absolute atomic E-state index is 3.41. The summed E-state index contributed by atoms with van der Waals surface area (Å²) in [5.74, 6) is 1.80. The van der Waals surface area contributed by atoms with Gasteiger partial charge in [0.25, 0.3) is 0 Å². The van der Waals surface area contributed by atoms with Crippen LogP contribution in [-0.4, -0.2) is 13.1 Å². The molecule has 1 aliphatic carbocycles. The molecule has 14 heavy (non-hydrogen) atoms. The molecule has 1 saturated carbocycles. The fourth-order valence-electron chi connectivity index (χ4n) is 2.50. The quantitative estimate of drug-likeness (QED) is 0.698. The minimum absolute atomic E-state index is 0. The normalized spacial score (nSPS) is 25.4. The van der Waals surface area contributed by atoms with Gasteiger partial charge in [0.15, 0.2) is 0 Å². The molecule has 0 bridgehead atoms. The Hall–Kier alpha value is -0.0100. The Kier molecular flexibility index (Phi) is 5.57. The van der Waals surface area contributed by atoms with Crippen LogP contribution in [0.4, 0.5) is 0 Å². The molecule has 0 aromatic heterocycles. The lowest BCUT2D eigenvalue weighted by atomic mass is 9.95. The van der Waals surface area contributed by atoms with Crippen LogP contribution in [0.1, 0.15) is 38.5 Å². The molecule has 0 aromatic carbocycles. The van der Waals surface area contributed by atoms with E-state index < -0.39 is 0 Å². The van der Waals surface area contributed by atoms with Crippen molar-refractivity contribution in [1.29, 1.82) is 0 Å². The van der Waals surface area contributed by atoms with Crippen LogP contribution in [-0.2, 0) is 0 Å². The fraction of sp³-hybridized carbons (Fsp3) is 0.833. The number of allylic oxidation sites excluding steroid dienone is 2. The molecule has 0 amide bonds. The minimum Gasteiger partial charge on any atom is -0.317 e. The van der Waals surface area contributed by atoms with E-state index in [0.717, 1.165) is 11.8 Å². The molecule has 1 aliphatic heterocycles. The molecule has 0 unspecified atom stereocenters. The Morgan fingerprint density at radius 3 is 1.86 bits per heavy atom. The number of hydrogen-bond acceptors (Lipinski definition) is 1. The van der Waals surface area contributed by atoms with E-state index in [9.17, 15) is 0 Å². The van der Waals surface area contributed by atoms with Gasteiger partial charge in [0.05, 0.1) is 0 Å². The smallest absolute Gasteiger partial charge is 0.00433 e. The van der Waals surface area contributed by atoms with Crippen molar-refractivity contribution in [2.45, 2.75) is 38.5 Å². The SMILES string of the molecule is C(=C\C1CCNCC1)/C1CCCC1.Cl. The maximum Gasteiger partial charge on any atom is -0.00433 e. The lowest BCUT2D eigenvalue weighted by molar-refractivity contribution is 0.434. The number of hydrogen-bond donors (Lipinski definition) is 1. The summed E-state index contributed by atoms with van der Waals surface area (Å²) in [5.41, 5.74) is 0. The average Bonchev–Trinajstić information content (AvgIpc) is 2.69. The van der Waals surface area contributed by atoms with E-state index >= 15 is 0 Å². The summed E-state index contributed by atoms with van der Waals surface area (Å²) in [6, 6.07) is 0. The van der Waals surface area contributed by atoms with Crippen molar-refractivity contribution in [1.82, 2.24) is 5.32 Å². The number of nitrogens with one attached hydrogen (secondary N) is 1. The molecule has 0 spiro atoms. The summed E-state index contributed by atoms with van der Waals surface area (Å²) in [5, 5.41) is 3.41. The first-order valence-electron chi connectivity index (χ1n) is 5.84. The second kappa shape index (κ2) is 6.47. The molecule has 0 radical (unpaired) electrons. The standard InChI is InChI=1S/C12H21N.ClH/c1-2-4-11(3-1)5-6-12-7-9-13-10-8-12;/h5-6,11-13H,1-4,7-10H2;1H/b6-5+;. The zero-order valence-electron chi connectivity index (χ0n) is 8.87. The molecule has 1 heterocycles. The van der Waals surface area contributed by atoms with Crippen molar-refractivity contribution in [3.05, 3.63) is 12.2 Å². The Morgan fingerprint density at radius 1 is 0.786 bits per heavy atom. The first-order chi connectivity index (χ1) is 6.45. The van der Waals surface area contributed by atoms with E-state index in [1.165, 1.54) is 51.6 Å². The van der Waals surface area contributed by atoms with Gasteiger partial charge >= 0.3 is 0 Å². The molecule has 82 valence electrons. The van der Waals surface area contributed by atoms with Crippen molar-refractivity contribution in [3.63, 3.8) is 0 Å². The van der Waals surface area contributed by atoms with Crippen LogP contribution in [0.2, 0.25) is 0 Å². The first kappa shape index (κ1) is 12.1. The highest BCUT2D eigenvalue weighted by Crippen LogP contribution is 2.26. The average molecular weight is 216 g/mol. The third-order valence-electron chi connectivity index (χ3n) is 3.44. The van der Waals surface area contributed by atoms with Crippen LogP contribution in [0.5, 0.6) is 0 Å². The Morgan fingerprint density at radius 2 is 1.29 bits per heavy atom. The third-order valence-corrected chi connectivity index (χ3v) is 3.44. The van der Waals surface area contributed by atoms with Crippen LogP contribution in [0.25, 0.3) is 0 Å². The highest BCUT2D eigenvalue weighted by molar-refractivity contribution is 5.85. The van der Waals surface area contributed by atoms with E-state index in [1.807, 2.05) is 0 Å². The van der Waals surface area contributed by atoms with Crippen molar-refractivity contribution in [2.75, 3.05) is 13.1 Å². The molecule has 1 saturated heterocycles. The summed E-state index contributed by atoms with van der Waals surface area (Å²) in [4.78, 5) is 0. The second-order valence-corrected chi connectivity index (χ2v) is 4.52. The molecule has 2 heteroatoms. The zero-order chi connectivity index (χ0) is 8.93. The van der Waals surface area contributed by atoms with Crippen LogP contribution in [0.3, 0.4) is 0 Å². The summed E-state index contributed by atoms with van der Waals surface area (Å²) in [7, 11) is 0. The summed E-state index contributed by atoms with van der Waals surface area (Å²) >= 11 is 0. The Labute approximate surface area is 93.8 Å². The molecule has 0 atom stereocenters. The second-order valence-electron chi connectivity index (χ2n) is 4.52. The van der Waals surface area contributed by atoms with Gasteiger partial charge in [-0.3, -0.25) is 0 Å². The van der Waals surface area contributed by atoms with Gasteiger partial charge in [-0.1, -0.05) is 25.0 Å². The number of rotatable bonds is 2.